The minimum Gasteiger partial charge on any atom is -0.294 e. The van der Waals surface area contributed by atoms with Crippen LogP contribution in [-0.2, 0) is 5.66 Å². The Labute approximate surface area is 238 Å². The highest BCUT2D eigenvalue weighted by Crippen LogP contribution is 2.57. The lowest BCUT2D eigenvalue weighted by Gasteiger charge is -2.45. The van der Waals surface area contributed by atoms with Gasteiger partial charge in [-0.05, 0) is 42.0 Å². The van der Waals surface area contributed by atoms with Crippen molar-refractivity contribution in [3.05, 3.63) is 161 Å². The van der Waals surface area contributed by atoms with Crippen molar-refractivity contribution in [2.45, 2.75) is 22.2 Å². The van der Waals surface area contributed by atoms with Crippen molar-refractivity contribution in [2.75, 3.05) is 9.91 Å². The number of hydrogen-bond acceptors (Lipinski definition) is 4. The molecule has 0 fully saturated rings. The second-order valence-corrected chi connectivity index (χ2v) is 11.5. The minimum atomic E-state index is -0.625. The molecule has 0 aliphatic carbocycles. The molecule has 7 rings (SSSR count). The number of benzene rings is 5. The van der Waals surface area contributed by atoms with Gasteiger partial charge in [-0.1, -0.05) is 115 Å². The van der Waals surface area contributed by atoms with Gasteiger partial charge in [-0.3, -0.25) is 4.90 Å². The highest BCUT2D eigenvalue weighted by atomic mass is 35.5. The summed E-state index contributed by atoms with van der Waals surface area (Å²) in [6, 6.07) is 48.9. The van der Waals surface area contributed by atoms with Crippen molar-refractivity contribution in [1.29, 1.82) is 0 Å². The van der Waals surface area contributed by atoms with E-state index in [0.717, 1.165) is 34.2 Å². The fourth-order valence-electron chi connectivity index (χ4n) is 5.76. The van der Waals surface area contributed by atoms with Crippen molar-refractivity contribution in [3.8, 4) is 0 Å². The van der Waals surface area contributed by atoms with Gasteiger partial charge in [-0.25, -0.2) is 5.01 Å². The summed E-state index contributed by atoms with van der Waals surface area (Å²) in [7, 11) is 0. The van der Waals surface area contributed by atoms with Crippen LogP contribution in [0.3, 0.4) is 0 Å². The van der Waals surface area contributed by atoms with E-state index in [9.17, 15) is 0 Å². The molecule has 0 radical (unpaired) electrons. The van der Waals surface area contributed by atoms with E-state index in [1.807, 2.05) is 17.8 Å². The Kier molecular flexibility index (Phi) is 6.15. The molecule has 0 aromatic heterocycles. The summed E-state index contributed by atoms with van der Waals surface area (Å²) in [6.45, 7) is 0. The molecular weight excluding hydrogens is 518 g/mol. The molecule has 2 aliphatic heterocycles. The molecule has 2 aliphatic rings. The summed E-state index contributed by atoms with van der Waals surface area (Å²) in [6.07, 6.45) is 0.783. The monoisotopic (exact) mass is 543 g/mol. The topological polar surface area (TPSA) is 18.8 Å². The van der Waals surface area contributed by atoms with E-state index in [-0.39, 0.29) is 5.25 Å². The zero-order valence-electron chi connectivity index (χ0n) is 21.2. The maximum atomic E-state index is 6.54. The first-order valence-corrected chi connectivity index (χ1v) is 14.4. The van der Waals surface area contributed by atoms with Gasteiger partial charge in [0.25, 0.3) is 0 Å². The molecule has 2 heterocycles. The Morgan fingerprint density at radius 1 is 0.718 bits per heavy atom. The lowest BCUT2D eigenvalue weighted by molar-refractivity contribution is 0.407. The predicted molar refractivity (Wildman–Crippen MR) is 164 cm³/mol. The molecule has 0 amide bonds. The molecular formula is C34H26ClN3S. The summed E-state index contributed by atoms with van der Waals surface area (Å²) in [5.74, 6) is 0.933. The van der Waals surface area contributed by atoms with Crippen LogP contribution in [-0.4, -0.2) is 5.84 Å². The summed E-state index contributed by atoms with van der Waals surface area (Å²) in [5.41, 5.74) is 5.05. The molecule has 5 heteroatoms. The largest absolute Gasteiger partial charge is 0.294 e. The maximum Gasteiger partial charge on any atom is 0.167 e. The summed E-state index contributed by atoms with van der Waals surface area (Å²) in [5, 5.41) is 8.57. The predicted octanol–water partition coefficient (Wildman–Crippen LogP) is 9.12. The SMILES string of the molecule is Clc1cccc([C@H]2C[C@]3(c4ccccc4)N(c4ccccc4)N=C(c4ccccc4)N3c3ccccc3S2)c1. The van der Waals surface area contributed by atoms with Gasteiger partial charge < -0.3 is 0 Å². The normalized spacial score (nSPS) is 20.1. The Morgan fingerprint density at radius 3 is 2.13 bits per heavy atom. The molecule has 3 nitrogen and oxygen atoms in total. The van der Waals surface area contributed by atoms with Crippen molar-refractivity contribution in [3.63, 3.8) is 0 Å². The summed E-state index contributed by atoms with van der Waals surface area (Å²) < 4.78 is 0. The molecule has 0 spiro atoms. The van der Waals surface area contributed by atoms with Gasteiger partial charge in [0.15, 0.2) is 11.5 Å². The maximum absolute atomic E-state index is 6.54. The second kappa shape index (κ2) is 9.96. The van der Waals surface area contributed by atoms with Crippen LogP contribution >= 0.6 is 23.4 Å². The quantitative estimate of drug-likeness (QED) is 0.225. The number of thioether (sulfide) groups is 1. The van der Waals surface area contributed by atoms with E-state index < -0.39 is 5.66 Å². The second-order valence-electron chi connectivity index (χ2n) is 9.79. The molecule has 0 unspecified atom stereocenters. The average molecular weight is 544 g/mol. The van der Waals surface area contributed by atoms with Crippen molar-refractivity contribution >= 4 is 40.6 Å². The number of para-hydroxylation sites is 2. The third-order valence-electron chi connectivity index (χ3n) is 7.46. The molecule has 0 N–H and O–H groups in total. The highest BCUT2D eigenvalue weighted by molar-refractivity contribution is 7.99. The van der Waals surface area contributed by atoms with E-state index >= 15 is 0 Å². The first-order chi connectivity index (χ1) is 19.2. The van der Waals surface area contributed by atoms with Crippen molar-refractivity contribution in [2.24, 2.45) is 5.10 Å². The zero-order chi connectivity index (χ0) is 26.2. The van der Waals surface area contributed by atoms with Gasteiger partial charge in [0.05, 0.1) is 11.4 Å². The van der Waals surface area contributed by atoms with Crippen LogP contribution in [0, 0.1) is 0 Å². The third-order valence-corrected chi connectivity index (χ3v) is 9.02. The average Bonchev–Trinajstić information content (AvgIpc) is 3.25. The fourth-order valence-corrected chi connectivity index (χ4v) is 7.30. The molecule has 0 saturated heterocycles. The van der Waals surface area contributed by atoms with Gasteiger partial charge in [-0.2, -0.15) is 5.10 Å². The van der Waals surface area contributed by atoms with Crippen LogP contribution in [0.5, 0.6) is 0 Å². The van der Waals surface area contributed by atoms with E-state index in [1.165, 1.54) is 16.0 Å². The number of amidine groups is 1. The number of halogens is 1. The number of rotatable bonds is 4. The number of hydrogen-bond donors (Lipinski definition) is 0. The van der Waals surface area contributed by atoms with Gasteiger partial charge in [0, 0.05) is 32.7 Å². The van der Waals surface area contributed by atoms with Crippen LogP contribution in [0.2, 0.25) is 5.02 Å². The molecule has 5 aromatic carbocycles. The standard InChI is InChI=1S/C34H26ClN3S/c35-28-18-12-15-26(23-28)32-24-34(27-16-6-2-7-17-27)37(30-21-10-11-22-31(30)39-32)33(25-13-4-1-5-14-25)36-38(34)29-19-8-3-9-20-29/h1-23,32H,24H2/t32-,34-/m1/s1. The lowest BCUT2D eigenvalue weighted by Crippen LogP contribution is -2.54. The van der Waals surface area contributed by atoms with Crippen LogP contribution in [0.15, 0.2) is 150 Å². The summed E-state index contributed by atoms with van der Waals surface area (Å²) in [4.78, 5) is 3.69. The number of fused-ring (bicyclic) bond motifs is 3. The minimum absolute atomic E-state index is 0.131. The molecule has 2 atom stereocenters. The Hall–Kier alpha value is -3.99. The molecule has 0 bridgehead atoms. The molecule has 190 valence electrons. The van der Waals surface area contributed by atoms with Gasteiger partial charge in [0.2, 0.25) is 0 Å². The first kappa shape index (κ1) is 24.1. The molecule has 5 aromatic rings. The van der Waals surface area contributed by atoms with Crippen LogP contribution in [0.4, 0.5) is 11.4 Å². The van der Waals surface area contributed by atoms with Crippen LogP contribution in [0.1, 0.15) is 28.4 Å². The number of anilines is 2. The van der Waals surface area contributed by atoms with E-state index in [2.05, 4.69) is 143 Å². The molecule has 0 saturated carbocycles. The van der Waals surface area contributed by atoms with E-state index in [4.69, 9.17) is 16.7 Å². The zero-order valence-corrected chi connectivity index (χ0v) is 22.8. The van der Waals surface area contributed by atoms with Gasteiger partial charge >= 0.3 is 0 Å². The fraction of sp³-hybridized carbons (Fsp3) is 0.0882. The van der Waals surface area contributed by atoms with E-state index in [0.29, 0.717) is 0 Å². The summed E-state index contributed by atoms with van der Waals surface area (Å²) >= 11 is 8.45. The number of nitrogens with zero attached hydrogens (tertiary/aromatic N) is 3. The third kappa shape index (κ3) is 4.12. The van der Waals surface area contributed by atoms with Crippen molar-refractivity contribution in [1.82, 2.24) is 0 Å². The van der Waals surface area contributed by atoms with E-state index in [1.54, 1.807) is 0 Å². The Bertz CT molecular complexity index is 1640. The molecule has 39 heavy (non-hydrogen) atoms. The lowest BCUT2D eigenvalue weighted by atomic mass is 9.88. The van der Waals surface area contributed by atoms with Gasteiger partial charge in [-0.15, -0.1) is 11.8 Å². The Morgan fingerprint density at radius 2 is 1.38 bits per heavy atom. The smallest absolute Gasteiger partial charge is 0.167 e. The number of hydrazone groups is 1. The van der Waals surface area contributed by atoms with Crippen LogP contribution < -0.4 is 9.91 Å². The van der Waals surface area contributed by atoms with Crippen molar-refractivity contribution < 1.29 is 0 Å². The Balaban J connectivity index is 1.55. The van der Waals surface area contributed by atoms with Gasteiger partial charge in [0.1, 0.15) is 0 Å². The highest BCUT2D eigenvalue weighted by Gasteiger charge is 2.55. The van der Waals surface area contributed by atoms with Crippen LogP contribution in [0.25, 0.3) is 0 Å². The first-order valence-electron chi connectivity index (χ1n) is 13.1.